The third-order valence-corrected chi connectivity index (χ3v) is 3.57. The van der Waals surface area contributed by atoms with Gasteiger partial charge in [-0.15, -0.1) is 0 Å². The number of fused-ring (bicyclic) bond motifs is 1. The Morgan fingerprint density at radius 2 is 1.83 bits per heavy atom. The number of methoxy groups -OCH3 is 1. The molecule has 0 spiro atoms. The fraction of sp³-hybridized carbons (Fsp3) is 0.111. The second kappa shape index (κ2) is 6.12. The van der Waals surface area contributed by atoms with Crippen molar-refractivity contribution in [3.8, 4) is 11.3 Å². The number of carbonyl (C=O) groups excluding carboxylic acids is 1. The topological polar surface area (TPSA) is 39.2 Å². The maximum atomic E-state index is 13.4. The van der Waals surface area contributed by atoms with Crippen LogP contribution in [0, 0.1) is 0 Å². The molecule has 0 atom stereocenters. The predicted molar refractivity (Wildman–Crippen MR) is 83.5 cm³/mol. The molecule has 116 valence electrons. The largest absolute Gasteiger partial charge is 0.465 e. The number of esters is 1. The molecule has 2 aromatic carbocycles. The highest BCUT2D eigenvalue weighted by Crippen LogP contribution is 2.31. The van der Waals surface area contributed by atoms with Crippen LogP contribution in [0.15, 0.2) is 54.6 Å². The first kappa shape index (κ1) is 15.1. The van der Waals surface area contributed by atoms with Crippen molar-refractivity contribution in [1.82, 2.24) is 4.98 Å². The van der Waals surface area contributed by atoms with E-state index in [9.17, 15) is 13.6 Å². The normalized spacial score (nSPS) is 11.0. The summed E-state index contributed by atoms with van der Waals surface area (Å²) in [6, 6.07) is 14.9. The second-order valence-electron chi connectivity index (χ2n) is 4.99. The zero-order valence-electron chi connectivity index (χ0n) is 12.3. The van der Waals surface area contributed by atoms with Crippen LogP contribution in [0.2, 0.25) is 0 Å². The summed E-state index contributed by atoms with van der Waals surface area (Å²) in [6.07, 6.45) is -2.63. The van der Waals surface area contributed by atoms with Gasteiger partial charge in [0.2, 0.25) is 0 Å². The Kier molecular flexibility index (Phi) is 4.02. The van der Waals surface area contributed by atoms with Gasteiger partial charge in [-0.25, -0.2) is 18.6 Å². The predicted octanol–water partition coefficient (Wildman–Crippen LogP) is 4.63. The van der Waals surface area contributed by atoms with Gasteiger partial charge in [0.25, 0.3) is 6.43 Å². The van der Waals surface area contributed by atoms with E-state index in [1.807, 2.05) is 18.2 Å². The highest BCUT2D eigenvalue weighted by Gasteiger charge is 2.16. The van der Waals surface area contributed by atoms with Crippen LogP contribution in [-0.4, -0.2) is 18.1 Å². The van der Waals surface area contributed by atoms with Crippen molar-refractivity contribution in [2.45, 2.75) is 6.43 Å². The Hall–Kier alpha value is -2.82. The Bertz CT molecular complexity index is 864. The lowest BCUT2D eigenvalue weighted by Gasteiger charge is -2.10. The Balaban J connectivity index is 2.25. The SMILES string of the molecule is COC(=O)c1ccc2c(C(F)F)cc(-c3ccccc3)nc2c1. The smallest absolute Gasteiger partial charge is 0.337 e. The van der Waals surface area contributed by atoms with Gasteiger partial charge in [-0.2, -0.15) is 0 Å². The number of hydrogen-bond acceptors (Lipinski definition) is 3. The zero-order valence-corrected chi connectivity index (χ0v) is 12.3. The monoisotopic (exact) mass is 313 g/mol. The Morgan fingerprint density at radius 3 is 2.48 bits per heavy atom. The van der Waals surface area contributed by atoms with Crippen molar-refractivity contribution < 1.29 is 18.3 Å². The molecular formula is C18H13F2NO2. The van der Waals surface area contributed by atoms with Gasteiger partial charge in [0.1, 0.15) is 0 Å². The number of alkyl halides is 2. The first-order chi connectivity index (χ1) is 11.1. The number of halogens is 2. The molecule has 1 aromatic heterocycles. The van der Waals surface area contributed by atoms with Gasteiger partial charge in [-0.3, -0.25) is 0 Å². The van der Waals surface area contributed by atoms with Crippen molar-refractivity contribution in [2.24, 2.45) is 0 Å². The van der Waals surface area contributed by atoms with E-state index in [-0.39, 0.29) is 11.1 Å². The number of nitrogens with zero attached hydrogens (tertiary/aromatic N) is 1. The average molecular weight is 313 g/mol. The fourth-order valence-electron chi connectivity index (χ4n) is 2.44. The van der Waals surface area contributed by atoms with Crippen LogP contribution in [0.3, 0.4) is 0 Å². The summed E-state index contributed by atoms with van der Waals surface area (Å²) in [6.45, 7) is 0. The maximum absolute atomic E-state index is 13.4. The van der Waals surface area contributed by atoms with Gasteiger partial charge >= 0.3 is 5.97 Å². The Labute approximate surface area is 131 Å². The van der Waals surface area contributed by atoms with Crippen molar-refractivity contribution in [3.63, 3.8) is 0 Å². The molecule has 0 radical (unpaired) electrons. The molecule has 3 aromatic rings. The van der Waals surface area contributed by atoms with Crippen molar-refractivity contribution in [2.75, 3.05) is 7.11 Å². The number of ether oxygens (including phenoxy) is 1. The molecular weight excluding hydrogens is 300 g/mol. The average Bonchev–Trinajstić information content (AvgIpc) is 2.60. The van der Waals surface area contributed by atoms with Gasteiger partial charge in [-0.1, -0.05) is 36.4 Å². The van der Waals surface area contributed by atoms with Crippen LogP contribution in [-0.2, 0) is 4.74 Å². The van der Waals surface area contributed by atoms with Crippen molar-refractivity contribution >= 4 is 16.9 Å². The minimum atomic E-state index is -2.63. The van der Waals surface area contributed by atoms with E-state index in [0.717, 1.165) is 5.56 Å². The molecule has 3 rings (SSSR count). The maximum Gasteiger partial charge on any atom is 0.337 e. The minimum absolute atomic E-state index is 0.106. The fourth-order valence-corrected chi connectivity index (χ4v) is 2.44. The van der Waals surface area contributed by atoms with Crippen LogP contribution >= 0.6 is 0 Å². The number of carbonyl (C=O) groups is 1. The number of benzene rings is 2. The molecule has 23 heavy (non-hydrogen) atoms. The first-order valence-corrected chi connectivity index (χ1v) is 6.96. The molecule has 0 amide bonds. The molecule has 0 aliphatic heterocycles. The highest BCUT2D eigenvalue weighted by molar-refractivity contribution is 5.95. The quantitative estimate of drug-likeness (QED) is 0.662. The van der Waals surface area contributed by atoms with E-state index in [0.29, 0.717) is 16.6 Å². The third kappa shape index (κ3) is 2.90. The van der Waals surface area contributed by atoms with Crippen LogP contribution < -0.4 is 0 Å². The molecule has 0 bridgehead atoms. The number of pyridine rings is 1. The van der Waals surface area contributed by atoms with Gasteiger partial charge in [0, 0.05) is 16.5 Å². The van der Waals surface area contributed by atoms with Crippen LogP contribution in [0.1, 0.15) is 22.3 Å². The lowest BCUT2D eigenvalue weighted by atomic mass is 10.0. The highest BCUT2D eigenvalue weighted by atomic mass is 19.3. The van der Waals surface area contributed by atoms with Crippen molar-refractivity contribution in [1.29, 1.82) is 0 Å². The molecule has 0 saturated heterocycles. The molecule has 0 N–H and O–H groups in total. The first-order valence-electron chi connectivity index (χ1n) is 6.96. The van der Waals surface area contributed by atoms with Gasteiger partial charge < -0.3 is 4.74 Å². The van der Waals surface area contributed by atoms with Gasteiger partial charge in [0.05, 0.1) is 23.9 Å². The summed E-state index contributed by atoms with van der Waals surface area (Å²) in [5.41, 5.74) is 1.68. The summed E-state index contributed by atoms with van der Waals surface area (Å²) >= 11 is 0. The van der Waals surface area contributed by atoms with Crippen LogP contribution in [0.5, 0.6) is 0 Å². The summed E-state index contributed by atoms with van der Waals surface area (Å²) in [7, 11) is 1.27. The minimum Gasteiger partial charge on any atom is -0.465 e. The van der Waals surface area contributed by atoms with E-state index >= 15 is 0 Å². The molecule has 0 aliphatic carbocycles. The second-order valence-corrected chi connectivity index (χ2v) is 4.99. The van der Waals surface area contributed by atoms with E-state index < -0.39 is 12.4 Å². The third-order valence-electron chi connectivity index (χ3n) is 3.57. The van der Waals surface area contributed by atoms with E-state index in [1.165, 1.54) is 31.4 Å². The standard InChI is InChI=1S/C18H13F2NO2/c1-23-18(22)12-7-8-13-14(17(19)20)10-15(21-16(13)9-12)11-5-3-2-4-6-11/h2-10,17H,1H3. The number of aromatic nitrogens is 1. The summed E-state index contributed by atoms with van der Waals surface area (Å²) in [5, 5.41) is 0.326. The number of hydrogen-bond donors (Lipinski definition) is 0. The van der Waals surface area contributed by atoms with Gasteiger partial charge in [-0.05, 0) is 18.2 Å². The van der Waals surface area contributed by atoms with Crippen LogP contribution in [0.25, 0.3) is 22.2 Å². The Morgan fingerprint density at radius 1 is 1.09 bits per heavy atom. The molecule has 0 aliphatic rings. The van der Waals surface area contributed by atoms with E-state index in [1.54, 1.807) is 12.1 Å². The lowest BCUT2D eigenvalue weighted by Crippen LogP contribution is -2.02. The van der Waals surface area contributed by atoms with E-state index in [2.05, 4.69) is 9.72 Å². The number of rotatable bonds is 3. The summed E-state index contributed by atoms with van der Waals surface area (Å²) in [5.74, 6) is -0.530. The lowest BCUT2D eigenvalue weighted by molar-refractivity contribution is 0.0601. The molecule has 3 nitrogen and oxygen atoms in total. The molecule has 0 fully saturated rings. The molecule has 0 unspecified atom stereocenters. The van der Waals surface area contributed by atoms with Crippen molar-refractivity contribution in [3.05, 3.63) is 65.7 Å². The zero-order chi connectivity index (χ0) is 16.4. The summed E-state index contributed by atoms with van der Waals surface area (Å²) in [4.78, 5) is 16.1. The molecule has 5 heteroatoms. The molecule has 0 saturated carbocycles. The van der Waals surface area contributed by atoms with Crippen LogP contribution in [0.4, 0.5) is 8.78 Å². The molecule has 1 heterocycles. The summed E-state index contributed by atoms with van der Waals surface area (Å²) < 4.78 is 31.5. The van der Waals surface area contributed by atoms with E-state index in [4.69, 9.17) is 0 Å². The van der Waals surface area contributed by atoms with Gasteiger partial charge in [0.15, 0.2) is 0 Å².